The van der Waals surface area contributed by atoms with Gasteiger partial charge in [0.25, 0.3) is 11.6 Å². The van der Waals surface area contributed by atoms with Crippen molar-refractivity contribution in [3.05, 3.63) is 69.5 Å². The fourth-order valence-electron chi connectivity index (χ4n) is 3.43. The Bertz CT molecular complexity index is 1260. The SMILES string of the molecule is COc1ccc(C(=O)NC(c2nnc(SCC(=O)Nc3ccc(C)c([N+](=O)[O-])c3)n2C)C(C)C)cc1. The topological polar surface area (TPSA) is 141 Å². The number of hydrogen-bond acceptors (Lipinski definition) is 8. The molecule has 2 amide bonds. The van der Waals surface area contributed by atoms with Crippen LogP contribution in [-0.4, -0.2) is 44.4 Å². The number of thioether (sulfide) groups is 1. The Balaban J connectivity index is 1.66. The molecular weight excluding hydrogens is 484 g/mol. The van der Waals surface area contributed by atoms with Crippen LogP contribution in [0.1, 0.15) is 41.6 Å². The zero-order chi connectivity index (χ0) is 26.4. The number of nitrogens with one attached hydrogen (secondary N) is 2. The van der Waals surface area contributed by atoms with Crippen LogP contribution in [0.5, 0.6) is 5.75 Å². The molecule has 36 heavy (non-hydrogen) atoms. The first-order chi connectivity index (χ1) is 17.1. The molecule has 0 spiro atoms. The number of anilines is 1. The number of aryl methyl sites for hydroxylation is 1. The zero-order valence-corrected chi connectivity index (χ0v) is 21.5. The number of benzene rings is 2. The molecule has 11 nitrogen and oxygen atoms in total. The lowest BCUT2D eigenvalue weighted by atomic mass is 10.0. The molecule has 0 radical (unpaired) electrons. The maximum atomic E-state index is 12.8. The van der Waals surface area contributed by atoms with Crippen LogP contribution in [0.15, 0.2) is 47.6 Å². The lowest BCUT2D eigenvalue weighted by Gasteiger charge is -2.21. The van der Waals surface area contributed by atoms with Crippen LogP contribution in [-0.2, 0) is 11.8 Å². The highest BCUT2D eigenvalue weighted by molar-refractivity contribution is 7.99. The third-order valence-electron chi connectivity index (χ3n) is 5.47. The van der Waals surface area contributed by atoms with Crippen molar-refractivity contribution in [2.45, 2.75) is 32.0 Å². The number of aromatic nitrogens is 3. The summed E-state index contributed by atoms with van der Waals surface area (Å²) in [4.78, 5) is 35.9. The monoisotopic (exact) mass is 512 g/mol. The number of nitrogens with zero attached hydrogens (tertiary/aromatic N) is 4. The molecule has 2 aromatic carbocycles. The van der Waals surface area contributed by atoms with E-state index in [1.165, 1.54) is 17.8 Å². The number of methoxy groups -OCH3 is 1. The second-order valence-corrected chi connectivity index (χ2v) is 9.36. The molecule has 0 saturated heterocycles. The van der Waals surface area contributed by atoms with E-state index in [0.717, 1.165) is 0 Å². The summed E-state index contributed by atoms with van der Waals surface area (Å²) in [5, 5.41) is 25.8. The van der Waals surface area contributed by atoms with Crippen LogP contribution in [0, 0.1) is 23.0 Å². The lowest BCUT2D eigenvalue weighted by Crippen LogP contribution is -2.33. The van der Waals surface area contributed by atoms with Crippen molar-refractivity contribution in [2.24, 2.45) is 13.0 Å². The summed E-state index contributed by atoms with van der Waals surface area (Å²) >= 11 is 1.17. The number of nitro benzene ring substituents is 1. The van der Waals surface area contributed by atoms with Crippen LogP contribution in [0.25, 0.3) is 0 Å². The summed E-state index contributed by atoms with van der Waals surface area (Å²) < 4.78 is 6.88. The number of amides is 2. The Morgan fingerprint density at radius 2 is 1.86 bits per heavy atom. The second kappa shape index (κ2) is 11.7. The summed E-state index contributed by atoms with van der Waals surface area (Å²) in [7, 11) is 3.33. The van der Waals surface area contributed by atoms with E-state index in [1.54, 1.807) is 62.0 Å². The Kier molecular flexibility index (Phi) is 8.64. The maximum Gasteiger partial charge on any atom is 0.274 e. The van der Waals surface area contributed by atoms with Crippen molar-refractivity contribution >= 4 is 35.0 Å². The Hall–Kier alpha value is -3.93. The number of carbonyl (C=O) groups is 2. The predicted molar refractivity (Wildman–Crippen MR) is 136 cm³/mol. The summed E-state index contributed by atoms with van der Waals surface area (Å²) in [6, 6.07) is 10.9. The van der Waals surface area contributed by atoms with Gasteiger partial charge in [-0.25, -0.2) is 0 Å². The Labute approximate surface area is 212 Å². The van der Waals surface area contributed by atoms with Gasteiger partial charge < -0.3 is 19.9 Å². The number of ether oxygens (including phenoxy) is 1. The molecule has 0 bridgehead atoms. The molecule has 1 atom stereocenters. The normalized spacial score (nSPS) is 11.7. The molecule has 0 aliphatic carbocycles. The molecule has 1 heterocycles. The molecule has 1 unspecified atom stereocenters. The minimum atomic E-state index is -0.487. The lowest BCUT2D eigenvalue weighted by molar-refractivity contribution is -0.385. The summed E-state index contributed by atoms with van der Waals surface area (Å²) in [6.45, 7) is 5.57. The van der Waals surface area contributed by atoms with Gasteiger partial charge in [-0.1, -0.05) is 31.7 Å². The average molecular weight is 513 g/mol. The summed E-state index contributed by atoms with van der Waals surface area (Å²) in [5.41, 5.74) is 1.29. The van der Waals surface area contributed by atoms with E-state index in [-0.39, 0.29) is 29.2 Å². The molecule has 190 valence electrons. The van der Waals surface area contributed by atoms with E-state index in [0.29, 0.717) is 33.5 Å². The van der Waals surface area contributed by atoms with Crippen LogP contribution in [0.3, 0.4) is 0 Å². The maximum absolute atomic E-state index is 12.8. The van der Waals surface area contributed by atoms with Crippen molar-refractivity contribution in [2.75, 3.05) is 18.2 Å². The van der Waals surface area contributed by atoms with Crippen LogP contribution >= 0.6 is 11.8 Å². The first-order valence-electron chi connectivity index (χ1n) is 11.1. The highest BCUT2D eigenvalue weighted by Gasteiger charge is 2.25. The van der Waals surface area contributed by atoms with Gasteiger partial charge in [-0.2, -0.15) is 0 Å². The van der Waals surface area contributed by atoms with E-state index in [2.05, 4.69) is 20.8 Å². The summed E-state index contributed by atoms with van der Waals surface area (Å²) in [6.07, 6.45) is 0. The van der Waals surface area contributed by atoms with Gasteiger partial charge in [0, 0.05) is 29.9 Å². The number of nitro groups is 1. The molecule has 0 fully saturated rings. The zero-order valence-electron chi connectivity index (χ0n) is 20.6. The number of hydrogen-bond donors (Lipinski definition) is 2. The molecule has 0 aliphatic rings. The van der Waals surface area contributed by atoms with Gasteiger partial charge in [-0.05, 0) is 43.2 Å². The van der Waals surface area contributed by atoms with Crippen molar-refractivity contribution in [1.82, 2.24) is 20.1 Å². The number of carbonyl (C=O) groups excluding carboxylic acids is 2. The van der Waals surface area contributed by atoms with E-state index < -0.39 is 11.0 Å². The quantitative estimate of drug-likeness (QED) is 0.237. The Morgan fingerprint density at radius 1 is 1.17 bits per heavy atom. The Morgan fingerprint density at radius 3 is 2.47 bits per heavy atom. The average Bonchev–Trinajstić information content (AvgIpc) is 3.21. The second-order valence-electron chi connectivity index (χ2n) is 8.42. The third-order valence-corrected chi connectivity index (χ3v) is 6.49. The fourth-order valence-corrected chi connectivity index (χ4v) is 4.15. The predicted octanol–water partition coefficient (Wildman–Crippen LogP) is 3.90. The first-order valence-corrected chi connectivity index (χ1v) is 12.1. The first kappa shape index (κ1) is 26.7. The molecule has 2 N–H and O–H groups in total. The van der Waals surface area contributed by atoms with Gasteiger partial charge in [0.1, 0.15) is 5.75 Å². The molecular formula is C24H28N6O5S. The number of rotatable bonds is 10. The van der Waals surface area contributed by atoms with Gasteiger partial charge in [-0.15, -0.1) is 10.2 Å². The van der Waals surface area contributed by atoms with Crippen LogP contribution in [0.2, 0.25) is 0 Å². The minimum Gasteiger partial charge on any atom is -0.497 e. The smallest absolute Gasteiger partial charge is 0.274 e. The van der Waals surface area contributed by atoms with Gasteiger partial charge in [0.15, 0.2) is 11.0 Å². The van der Waals surface area contributed by atoms with Gasteiger partial charge in [-0.3, -0.25) is 19.7 Å². The van der Waals surface area contributed by atoms with Crippen molar-refractivity contribution in [3.63, 3.8) is 0 Å². The highest BCUT2D eigenvalue weighted by atomic mass is 32.2. The standard InChI is InChI=1S/C24H28N6O5S/c1-14(2)21(26-23(32)16-7-10-18(35-5)11-8-16)22-27-28-24(29(22)4)36-13-20(31)25-17-9-6-15(3)19(12-17)30(33)34/h6-12,14,21H,13H2,1-5H3,(H,25,31)(H,26,32). The van der Waals surface area contributed by atoms with Gasteiger partial charge >= 0.3 is 0 Å². The highest BCUT2D eigenvalue weighted by Crippen LogP contribution is 2.26. The fraction of sp³-hybridized carbons (Fsp3) is 0.333. The molecule has 12 heteroatoms. The minimum absolute atomic E-state index is 0.0218. The van der Waals surface area contributed by atoms with Crippen LogP contribution in [0.4, 0.5) is 11.4 Å². The van der Waals surface area contributed by atoms with Gasteiger partial charge in [0.2, 0.25) is 5.91 Å². The van der Waals surface area contributed by atoms with Gasteiger partial charge in [0.05, 0.1) is 23.8 Å². The molecule has 0 saturated carbocycles. The summed E-state index contributed by atoms with van der Waals surface area (Å²) in [5.74, 6) is 0.679. The van der Waals surface area contributed by atoms with E-state index in [1.807, 2.05) is 13.8 Å². The van der Waals surface area contributed by atoms with E-state index in [4.69, 9.17) is 4.74 Å². The van der Waals surface area contributed by atoms with E-state index in [9.17, 15) is 19.7 Å². The van der Waals surface area contributed by atoms with Crippen LogP contribution < -0.4 is 15.4 Å². The van der Waals surface area contributed by atoms with Crippen molar-refractivity contribution in [3.8, 4) is 5.75 Å². The third kappa shape index (κ3) is 6.39. The molecule has 3 rings (SSSR count). The van der Waals surface area contributed by atoms with Crippen molar-refractivity contribution < 1.29 is 19.2 Å². The van der Waals surface area contributed by atoms with Crippen molar-refractivity contribution in [1.29, 1.82) is 0 Å². The molecule has 1 aromatic heterocycles. The largest absolute Gasteiger partial charge is 0.497 e. The molecule has 3 aromatic rings. The van der Waals surface area contributed by atoms with E-state index >= 15 is 0 Å². The molecule has 0 aliphatic heterocycles.